The van der Waals surface area contributed by atoms with Crippen molar-refractivity contribution in [1.82, 2.24) is 9.97 Å². The first kappa shape index (κ1) is 17.9. The molecular weight excluding hydrogens is 409 g/mol. The smallest absolute Gasteiger partial charge is 0.256 e. The highest BCUT2D eigenvalue weighted by molar-refractivity contribution is 6.40. The number of anilines is 1. The van der Waals surface area contributed by atoms with E-state index < -0.39 is 0 Å². The summed E-state index contributed by atoms with van der Waals surface area (Å²) in [7, 11) is 0. The van der Waals surface area contributed by atoms with Crippen molar-refractivity contribution in [2.75, 3.05) is 11.4 Å². The Balaban J connectivity index is 1.84. The van der Waals surface area contributed by atoms with Crippen LogP contribution in [-0.4, -0.2) is 21.9 Å². The lowest BCUT2D eigenvalue weighted by atomic mass is 10.1. The summed E-state index contributed by atoms with van der Waals surface area (Å²) < 4.78 is 5.37. The summed E-state index contributed by atoms with van der Waals surface area (Å²) in [6.45, 7) is 0. The van der Waals surface area contributed by atoms with Crippen molar-refractivity contribution in [1.29, 1.82) is 0 Å². The van der Waals surface area contributed by atoms with Crippen molar-refractivity contribution < 1.29 is 9.53 Å². The van der Waals surface area contributed by atoms with Crippen LogP contribution in [0.15, 0.2) is 48.8 Å². The number of H-pyrrole nitrogens is 1. The van der Waals surface area contributed by atoms with Gasteiger partial charge in [0.15, 0.2) is 6.07 Å². The van der Waals surface area contributed by atoms with Crippen molar-refractivity contribution >= 4 is 68.2 Å². The second-order valence-electron chi connectivity index (χ2n) is 5.75. The number of aromatic nitrogens is 2. The maximum atomic E-state index is 13.0. The number of nitrogens with zero attached hydrogens (tertiary/aromatic N) is 1. The lowest BCUT2D eigenvalue weighted by Gasteiger charge is -2.10. The molecule has 5 nitrogen and oxygen atoms in total. The number of pyridine rings is 1. The van der Waals surface area contributed by atoms with Gasteiger partial charge in [0.2, 0.25) is 0 Å². The Bertz CT molecular complexity index is 1150. The van der Waals surface area contributed by atoms with Gasteiger partial charge in [0, 0.05) is 39.8 Å². The van der Waals surface area contributed by atoms with Crippen LogP contribution in [0.5, 0.6) is 5.75 Å². The Hall–Kier alpha value is -2.47. The van der Waals surface area contributed by atoms with E-state index in [1.807, 2.05) is 24.3 Å². The summed E-state index contributed by atoms with van der Waals surface area (Å²) in [5, 5.41) is 4.92. The second kappa shape index (κ2) is 7.27. The minimum atomic E-state index is -0.333. The largest absolute Gasteiger partial charge is 0.478 e. The van der Waals surface area contributed by atoms with Gasteiger partial charge in [-0.3, -0.25) is 9.78 Å². The number of alkyl halides is 1. The molecule has 0 saturated carbocycles. The van der Waals surface area contributed by atoms with Crippen LogP contribution in [0.3, 0.4) is 0 Å². The normalized spacial score (nSPS) is 11.1. The molecule has 2 aromatic carbocycles. The molecule has 136 valence electrons. The van der Waals surface area contributed by atoms with Crippen LogP contribution in [0.25, 0.3) is 21.8 Å². The average Bonchev–Trinajstić information content (AvgIpc) is 3.03. The zero-order valence-corrected chi connectivity index (χ0v) is 16.0. The molecule has 4 aromatic rings. The predicted molar refractivity (Wildman–Crippen MR) is 109 cm³/mol. The van der Waals surface area contributed by atoms with E-state index in [0.29, 0.717) is 17.0 Å². The first-order valence-electron chi connectivity index (χ1n) is 7.92. The summed E-state index contributed by atoms with van der Waals surface area (Å²) in [4.78, 5) is 20.2. The predicted octanol–water partition coefficient (Wildman–Crippen LogP) is 5.85. The molecular formula is C19H12Cl3N3O2. The fourth-order valence-corrected chi connectivity index (χ4v) is 3.57. The van der Waals surface area contributed by atoms with Crippen molar-refractivity contribution in [3.05, 3.63) is 64.4 Å². The van der Waals surface area contributed by atoms with Gasteiger partial charge in [-0.25, -0.2) is 0 Å². The average molecular weight is 421 g/mol. The summed E-state index contributed by atoms with van der Waals surface area (Å²) in [6, 6.07) is 11.0. The molecule has 1 amide bonds. The van der Waals surface area contributed by atoms with E-state index in [1.54, 1.807) is 12.1 Å². The second-order valence-corrected chi connectivity index (χ2v) is 6.78. The lowest BCUT2D eigenvalue weighted by Crippen LogP contribution is -2.13. The van der Waals surface area contributed by atoms with E-state index in [2.05, 4.69) is 15.3 Å². The first-order valence-corrected chi connectivity index (χ1v) is 9.21. The molecule has 2 heterocycles. The van der Waals surface area contributed by atoms with Crippen LogP contribution in [0.4, 0.5) is 5.69 Å². The minimum absolute atomic E-state index is 0.0419. The molecule has 0 aliphatic heterocycles. The highest BCUT2D eigenvalue weighted by Gasteiger charge is 2.17. The Morgan fingerprint density at radius 2 is 1.89 bits per heavy atom. The number of amides is 1. The van der Waals surface area contributed by atoms with Gasteiger partial charge in [-0.05, 0) is 30.3 Å². The number of hydrogen-bond donors (Lipinski definition) is 2. The fraction of sp³-hybridized carbons (Fsp3) is 0.0526. The first-order chi connectivity index (χ1) is 13.1. The highest BCUT2D eigenvalue weighted by atomic mass is 35.5. The monoisotopic (exact) mass is 419 g/mol. The molecule has 0 radical (unpaired) electrons. The number of fused-ring (bicyclic) bond motifs is 3. The van der Waals surface area contributed by atoms with Gasteiger partial charge in [0.25, 0.3) is 5.91 Å². The molecule has 2 aromatic heterocycles. The van der Waals surface area contributed by atoms with Crippen molar-refractivity contribution in [2.24, 2.45) is 0 Å². The third-order valence-electron chi connectivity index (χ3n) is 4.15. The van der Waals surface area contributed by atoms with Crippen molar-refractivity contribution in [3.63, 3.8) is 0 Å². The molecule has 0 atom stereocenters. The van der Waals surface area contributed by atoms with Crippen LogP contribution < -0.4 is 10.1 Å². The van der Waals surface area contributed by atoms with Crippen LogP contribution in [0, 0.1) is 0 Å². The molecule has 0 bridgehead atoms. The van der Waals surface area contributed by atoms with E-state index in [9.17, 15) is 4.79 Å². The van der Waals surface area contributed by atoms with Crippen molar-refractivity contribution in [2.45, 2.75) is 0 Å². The lowest BCUT2D eigenvalue weighted by molar-refractivity contribution is 0.102. The molecule has 0 unspecified atom stereocenters. The van der Waals surface area contributed by atoms with Crippen LogP contribution in [-0.2, 0) is 0 Å². The molecule has 0 aliphatic rings. The van der Waals surface area contributed by atoms with Gasteiger partial charge in [-0.2, -0.15) is 0 Å². The van der Waals surface area contributed by atoms with Gasteiger partial charge in [-0.1, -0.05) is 40.9 Å². The standard InChI is InChI=1S/C19H12Cl3N3O2/c20-9-27-10-4-5-15-12(6-10)17-11(2-1-3-16(17)24-15)19(26)25-18-13(21)7-23-8-14(18)22/h1-8,24H,9H2,(H,23,25,26). The molecule has 0 fully saturated rings. The zero-order chi connectivity index (χ0) is 19.0. The Kier molecular flexibility index (Phi) is 4.83. The number of halogens is 3. The number of rotatable bonds is 4. The topological polar surface area (TPSA) is 67.0 Å². The third kappa shape index (κ3) is 3.30. The van der Waals surface area contributed by atoms with Crippen LogP contribution in [0.1, 0.15) is 10.4 Å². The maximum Gasteiger partial charge on any atom is 0.256 e. The minimum Gasteiger partial charge on any atom is -0.478 e. The molecule has 27 heavy (non-hydrogen) atoms. The molecule has 8 heteroatoms. The SMILES string of the molecule is O=C(Nc1c(Cl)cncc1Cl)c1cccc2[nH]c3ccc(OCCl)cc3c12. The van der Waals surface area contributed by atoms with Gasteiger partial charge in [0.05, 0.1) is 15.7 Å². The number of nitrogens with one attached hydrogen (secondary N) is 2. The summed E-state index contributed by atoms with van der Waals surface area (Å²) in [5.41, 5.74) is 2.51. The molecule has 0 aliphatic carbocycles. The molecule has 4 rings (SSSR count). The third-order valence-corrected chi connectivity index (χ3v) is 4.83. The Morgan fingerprint density at radius 3 is 2.63 bits per heavy atom. The maximum absolute atomic E-state index is 13.0. The van der Waals surface area contributed by atoms with E-state index in [-0.39, 0.29) is 22.0 Å². The summed E-state index contributed by atoms with van der Waals surface area (Å²) in [6.07, 6.45) is 2.84. The van der Waals surface area contributed by atoms with E-state index >= 15 is 0 Å². The van der Waals surface area contributed by atoms with Gasteiger partial charge in [0.1, 0.15) is 5.75 Å². The highest BCUT2D eigenvalue weighted by Crippen LogP contribution is 2.33. The van der Waals surface area contributed by atoms with E-state index in [4.69, 9.17) is 39.5 Å². The van der Waals surface area contributed by atoms with E-state index in [0.717, 1.165) is 21.8 Å². The summed E-state index contributed by atoms with van der Waals surface area (Å²) >= 11 is 17.9. The number of benzene rings is 2. The number of carbonyl (C=O) groups is 1. The quantitative estimate of drug-likeness (QED) is 0.407. The van der Waals surface area contributed by atoms with Gasteiger partial charge < -0.3 is 15.0 Å². The Morgan fingerprint density at radius 1 is 1.11 bits per heavy atom. The Labute approximate surface area is 169 Å². The molecule has 0 saturated heterocycles. The number of ether oxygens (including phenoxy) is 1. The van der Waals surface area contributed by atoms with Gasteiger partial charge >= 0.3 is 0 Å². The van der Waals surface area contributed by atoms with E-state index in [1.165, 1.54) is 12.4 Å². The van der Waals surface area contributed by atoms with Gasteiger partial charge in [-0.15, -0.1) is 0 Å². The van der Waals surface area contributed by atoms with Crippen molar-refractivity contribution in [3.8, 4) is 5.75 Å². The fourth-order valence-electron chi connectivity index (χ4n) is 2.98. The number of hydrogen-bond acceptors (Lipinski definition) is 3. The number of carbonyl (C=O) groups excluding carboxylic acids is 1. The molecule has 0 spiro atoms. The van der Waals surface area contributed by atoms with Crippen LogP contribution >= 0.6 is 34.8 Å². The molecule has 2 N–H and O–H groups in total. The summed E-state index contributed by atoms with van der Waals surface area (Å²) in [5.74, 6) is 0.286. The zero-order valence-electron chi connectivity index (χ0n) is 13.7. The van der Waals surface area contributed by atoms with Crippen LogP contribution in [0.2, 0.25) is 10.0 Å². The number of aromatic amines is 1.